The van der Waals surface area contributed by atoms with Gasteiger partial charge >= 0.3 is 0 Å². The lowest BCUT2D eigenvalue weighted by molar-refractivity contribution is 0.591. The van der Waals surface area contributed by atoms with Gasteiger partial charge in [-0.05, 0) is 111 Å². The van der Waals surface area contributed by atoms with E-state index in [-0.39, 0.29) is 10.8 Å². The number of nitrogens with one attached hydrogen (secondary N) is 1. The Morgan fingerprint density at radius 1 is 0.633 bits per heavy atom. The van der Waals surface area contributed by atoms with Crippen molar-refractivity contribution >= 4 is 88.3 Å². The highest BCUT2D eigenvalue weighted by molar-refractivity contribution is 6.19. The van der Waals surface area contributed by atoms with Crippen molar-refractivity contribution in [3.63, 3.8) is 0 Å². The van der Waals surface area contributed by atoms with Gasteiger partial charge in [-0.3, -0.25) is 0 Å². The molecule has 3 heterocycles. The summed E-state index contributed by atoms with van der Waals surface area (Å²) < 4.78 is 2.50. The molecule has 9 rings (SSSR count). The van der Waals surface area contributed by atoms with Crippen LogP contribution in [0, 0.1) is 0 Å². The Balaban J connectivity index is 1.40. The van der Waals surface area contributed by atoms with Gasteiger partial charge in [0.15, 0.2) is 0 Å². The molecule has 0 aliphatic carbocycles. The zero-order valence-corrected chi connectivity index (χ0v) is 29.5. The van der Waals surface area contributed by atoms with E-state index in [1.165, 1.54) is 81.2 Å². The van der Waals surface area contributed by atoms with E-state index in [2.05, 4.69) is 167 Å². The summed E-state index contributed by atoms with van der Waals surface area (Å²) in [7, 11) is 0. The summed E-state index contributed by atoms with van der Waals surface area (Å²) in [4.78, 5) is 3.84. The summed E-state index contributed by atoms with van der Waals surface area (Å²) in [5.41, 5.74) is 9.62. The van der Waals surface area contributed by atoms with E-state index < -0.39 is 0 Å². The van der Waals surface area contributed by atoms with Gasteiger partial charge in [-0.1, -0.05) is 103 Å². The Labute approximate surface area is 287 Å². The van der Waals surface area contributed by atoms with E-state index in [9.17, 15) is 0 Å². The summed E-state index contributed by atoms with van der Waals surface area (Å²) in [5.74, 6) is 0. The fraction of sp³-hybridized carbons (Fsp3) is 0.191. The molecule has 0 aliphatic rings. The first-order valence-electron chi connectivity index (χ1n) is 17.5. The molecule has 0 saturated heterocycles. The highest BCUT2D eigenvalue weighted by atomic mass is 14.9. The van der Waals surface area contributed by atoms with E-state index in [1.54, 1.807) is 0 Å². The summed E-state index contributed by atoms with van der Waals surface area (Å²) >= 11 is 0. The highest BCUT2D eigenvalue weighted by Gasteiger charge is 2.23. The minimum Gasteiger partial charge on any atom is -0.354 e. The SMILES string of the molecule is C=C(/C=c1\c(=C/C)c2cc(C(C)(C)C)cc3c4cc5ccccc5cc4n1c23)c1cc(C(C)(C)C)cc2c1[nH]c1cc3ccccc3cc12. The van der Waals surface area contributed by atoms with Gasteiger partial charge in [-0.15, -0.1) is 0 Å². The van der Waals surface area contributed by atoms with Crippen molar-refractivity contribution in [3.8, 4) is 0 Å². The molecular weight excluding hydrogens is 593 g/mol. The van der Waals surface area contributed by atoms with Crippen LogP contribution < -0.4 is 10.6 Å². The molecule has 240 valence electrons. The molecule has 0 fully saturated rings. The lowest BCUT2D eigenvalue weighted by Gasteiger charge is -2.21. The number of fused-ring (bicyclic) bond motifs is 8. The zero-order valence-electron chi connectivity index (χ0n) is 29.5. The molecule has 49 heavy (non-hydrogen) atoms. The Hall–Kier alpha value is -5.34. The second-order valence-corrected chi connectivity index (χ2v) is 16.0. The largest absolute Gasteiger partial charge is 0.354 e. The van der Waals surface area contributed by atoms with Gasteiger partial charge in [0.1, 0.15) is 0 Å². The number of aromatic nitrogens is 2. The number of rotatable bonds is 2. The van der Waals surface area contributed by atoms with Crippen molar-refractivity contribution in [2.45, 2.75) is 59.3 Å². The first-order valence-corrected chi connectivity index (χ1v) is 17.5. The number of benzene rings is 6. The Kier molecular flexibility index (Phi) is 6.13. The molecular formula is C47H42N2. The molecule has 0 radical (unpaired) electrons. The predicted molar refractivity (Wildman–Crippen MR) is 215 cm³/mol. The third kappa shape index (κ3) is 4.40. The maximum atomic E-state index is 4.82. The van der Waals surface area contributed by atoms with Crippen molar-refractivity contribution in [2.75, 3.05) is 0 Å². The molecule has 9 aromatic rings. The van der Waals surface area contributed by atoms with E-state index in [0.29, 0.717) is 0 Å². The van der Waals surface area contributed by atoms with Crippen molar-refractivity contribution in [1.29, 1.82) is 0 Å². The van der Waals surface area contributed by atoms with Crippen LogP contribution in [0.15, 0.2) is 104 Å². The van der Waals surface area contributed by atoms with E-state index in [1.807, 2.05) is 0 Å². The minimum absolute atomic E-state index is 0.0182. The van der Waals surface area contributed by atoms with Crippen LogP contribution in [-0.4, -0.2) is 9.38 Å². The third-order valence-electron chi connectivity index (χ3n) is 10.8. The number of nitrogens with zero attached hydrogens (tertiary/aromatic N) is 1. The normalized spacial score (nSPS) is 13.9. The number of allylic oxidation sites excluding steroid dienone is 1. The molecule has 0 spiro atoms. The zero-order chi connectivity index (χ0) is 34.0. The predicted octanol–water partition coefficient (Wildman–Crippen LogP) is 11.5. The fourth-order valence-electron chi connectivity index (χ4n) is 8.04. The standard InChI is InChI=1S/C47H42N2/c1-9-34-39-25-33(47(6,7)8)26-40-37-20-29-15-11-13-17-31(29)22-43(37)49(45(39)40)42(34)18-27(2)35-23-32(46(3,4)5)24-38-36-19-28-14-10-12-16-30(28)21-41(36)48-44(35)38/h9-26,48H,2H2,1,3-8H3/b34-9-,42-18+. The monoisotopic (exact) mass is 634 g/mol. The van der Waals surface area contributed by atoms with Gasteiger partial charge in [0, 0.05) is 43.2 Å². The van der Waals surface area contributed by atoms with Gasteiger partial charge in [-0.25, -0.2) is 0 Å². The van der Waals surface area contributed by atoms with Crippen molar-refractivity contribution in [1.82, 2.24) is 9.38 Å². The van der Waals surface area contributed by atoms with Crippen LogP contribution in [0.5, 0.6) is 0 Å². The van der Waals surface area contributed by atoms with E-state index >= 15 is 0 Å². The maximum Gasteiger partial charge on any atom is 0.0620 e. The van der Waals surface area contributed by atoms with Crippen LogP contribution >= 0.6 is 0 Å². The summed E-state index contributed by atoms with van der Waals surface area (Å²) in [5, 5.41) is 13.9. The molecule has 6 aromatic carbocycles. The number of H-pyrrole nitrogens is 1. The average Bonchev–Trinajstić information content (AvgIpc) is 3.70. The van der Waals surface area contributed by atoms with Gasteiger partial charge in [0.05, 0.1) is 21.9 Å². The second kappa shape index (κ2) is 10.1. The smallest absolute Gasteiger partial charge is 0.0620 e. The molecule has 0 unspecified atom stereocenters. The van der Waals surface area contributed by atoms with Gasteiger partial charge in [0.2, 0.25) is 0 Å². The number of aromatic amines is 1. The molecule has 0 amide bonds. The van der Waals surface area contributed by atoms with Crippen LogP contribution in [-0.2, 0) is 10.8 Å². The number of hydrogen-bond acceptors (Lipinski definition) is 0. The van der Waals surface area contributed by atoms with Crippen LogP contribution in [0.2, 0.25) is 0 Å². The van der Waals surface area contributed by atoms with Crippen molar-refractivity contribution in [2.24, 2.45) is 0 Å². The van der Waals surface area contributed by atoms with Crippen molar-refractivity contribution < 1.29 is 0 Å². The molecule has 3 aromatic heterocycles. The lowest BCUT2D eigenvalue weighted by atomic mass is 9.84. The van der Waals surface area contributed by atoms with Crippen LogP contribution in [0.3, 0.4) is 0 Å². The molecule has 2 nitrogen and oxygen atoms in total. The highest BCUT2D eigenvalue weighted by Crippen LogP contribution is 2.39. The summed E-state index contributed by atoms with van der Waals surface area (Å²) in [6.07, 6.45) is 4.62. The van der Waals surface area contributed by atoms with Gasteiger partial charge in [-0.2, -0.15) is 0 Å². The molecule has 2 heteroatoms. The van der Waals surface area contributed by atoms with E-state index in [0.717, 1.165) is 22.2 Å². The van der Waals surface area contributed by atoms with Gasteiger partial charge < -0.3 is 9.38 Å². The Bertz CT molecular complexity index is 2970. The van der Waals surface area contributed by atoms with Crippen LogP contribution in [0.25, 0.3) is 88.3 Å². The Morgan fingerprint density at radius 3 is 1.82 bits per heavy atom. The first-order chi connectivity index (χ1) is 23.4. The van der Waals surface area contributed by atoms with Crippen LogP contribution in [0.4, 0.5) is 0 Å². The molecule has 0 aliphatic heterocycles. The Morgan fingerprint density at radius 2 is 1.18 bits per heavy atom. The first kappa shape index (κ1) is 29.8. The molecule has 0 atom stereocenters. The minimum atomic E-state index is -0.0257. The van der Waals surface area contributed by atoms with Crippen molar-refractivity contribution in [3.05, 3.63) is 131 Å². The molecule has 1 N–H and O–H groups in total. The average molecular weight is 635 g/mol. The summed E-state index contributed by atoms with van der Waals surface area (Å²) in [6, 6.07) is 36.4. The van der Waals surface area contributed by atoms with Gasteiger partial charge in [0.25, 0.3) is 0 Å². The summed E-state index contributed by atoms with van der Waals surface area (Å²) in [6.45, 7) is 20.8. The third-order valence-corrected chi connectivity index (χ3v) is 10.8. The molecule has 0 bridgehead atoms. The fourth-order valence-corrected chi connectivity index (χ4v) is 8.04. The van der Waals surface area contributed by atoms with Crippen LogP contribution in [0.1, 0.15) is 65.2 Å². The number of hydrogen-bond donors (Lipinski definition) is 1. The maximum absolute atomic E-state index is 4.82. The quantitative estimate of drug-likeness (QED) is 0.195. The second-order valence-electron chi connectivity index (χ2n) is 16.0. The topological polar surface area (TPSA) is 20.2 Å². The van der Waals surface area contributed by atoms with E-state index in [4.69, 9.17) is 6.58 Å². The lowest BCUT2D eigenvalue weighted by Crippen LogP contribution is -2.26. The molecule has 0 saturated carbocycles.